The lowest BCUT2D eigenvalue weighted by Crippen LogP contribution is -2.23. The summed E-state index contributed by atoms with van der Waals surface area (Å²) in [5, 5.41) is 8.98. The minimum absolute atomic E-state index is 0.231. The second kappa shape index (κ2) is 4.12. The van der Waals surface area contributed by atoms with Crippen LogP contribution in [0, 0.1) is 11.7 Å². The first kappa shape index (κ1) is 10.9. The van der Waals surface area contributed by atoms with Gasteiger partial charge in [0.05, 0.1) is 5.69 Å². The molecule has 1 aliphatic carbocycles. The molecule has 1 fully saturated rings. The highest BCUT2D eigenvalue weighted by atomic mass is 19.1. The Labute approximate surface area is 93.5 Å². The van der Waals surface area contributed by atoms with E-state index in [0.717, 1.165) is 6.54 Å². The van der Waals surface area contributed by atoms with Gasteiger partial charge in [-0.2, -0.15) is 0 Å². The van der Waals surface area contributed by atoms with Gasteiger partial charge in [-0.15, -0.1) is 0 Å². The highest BCUT2D eigenvalue weighted by Gasteiger charge is 2.25. The van der Waals surface area contributed by atoms with Crippen LogP contribution in [0.4, 0.5) is 10.1 Å². The van der Waals surface area contributed by atoms with E-state index in [-0.39, 0.29) is 5.56 Å². The summed E-state index contributed by atoms with van der Waals surface area (Å²) in [7, 11) is 1.81. The van der Waals surface area contributed by atoms with E-state index in [4.69, 9.17) is 5.11 Å². The molecule has 0 radical (unpaired) electrons. The molecule has 2 rings (SSSR count). The zero-order valence-corrected chi connectivity index (χ0v) is 9.11. The molecule has 1 aromatic rings. The van der Waals surface area contributed by atoms with Gasteiger partial charge >= 0.3 is 5.97 Å². The summed E-state index contributed by atoms with van der Waals surface area (Å²) in [5.41, 5.74) is 0.227. The summed E-state index contributed by atoms with van der Waals surface area (Å²) in [6.07, 6.45) is 2.37. The monoisotopic (exact) mass is 223 g/mol. The fraction of sp³-hybridized carbons (Fsp3) is 0.417. The molecule has 0 spiro atoms. The van der Waals surface area contributed by atoms with Gasteiger partial charge in [-0.25, -0.2) is 9.18 Å². The number of carboxylic acids is 1. The van der Waals surface area contributed by atoms with Crippen LogP contribution in [0.3, 0.4) is 0 Å². The van der Waals surface area contributed by atoms with Crippen molar-refractivity contribution in [2.24, 2.45) is 5.92 Å². The van der Waals surface area contributed by atoms with Crippen LogP contribution in [0.5, 0.6) is 0 Å². The predicted molar refractivity (Wildman–Crippen MR) is 59.4 cm³/mol. The maximum Gasteiger partial charge on any atom is 0.340 e. The van der Waals surface area contributed by atoms with E-state index in [2.05, 4.69) is 0 Å². The molecule has 0 bridgehead atoms. The second-order valence-corrected chi connectivity index (χ2v) is 4.26. The lowest BCUT2D eigenvalue weighted by atomic mass is 10.1. The van der Waals surface area contributed by atoms with Gasteiger partial charge in [0, 0.05) is 13.6 Å². The van der Waals surface area contributed by atoms with Gasteiger partial charge in [0.2, 0.25) is 0 Å². The Morgan fingerprint density at radius 2 is 2.25 bits per heavy atom. The second-order valence-electron chi connectivity index (χ2n) is 4.26. The molecule has 1 saturated carbocycles. The van der Waals surface area contributed by atoms with Crippen molar-refractivity contribution < 1.29 is 14.3 Å². The van der Waals surface area contributed by atoms with Crippen molar-refractivity contribution in [3.63, 3.8) is 0 Å². The van der Waals surface area contributed by atoms with Crippen LogP contribution in [0.15, 0.2) is 18.2 Å². The Kier molecular flexibility index (Phi) is 2.81. The minimum atomic E-state index is -1.21. The molecule has 3 nitrogen and oxygen atoms in total. The largest absolute Gasteiger partial charge is 0.478 e. The van der Waals surface area contributed by atoms with Crippen molar-refractivity contribution in [1.29, 1.82) is 0 Å². The lowest BCUT2D eigenvalue weighted by Gasteiger charge is -2.21. The van der Waals surface area contributed by atoms with Gasteiger partial charge in [-0.05, 0) is 30.9 Å². The van der Waals surface area contributed by atoms with Crippen molar-refractivity contribution in [2.45, 2.75) is 12.8 Å². The quantitative estimate of drug-likeness (QED) is 0.851. The molecule has 1 aromatic carbocycles. The maximum absolute atomic E-state index is 13.4. The molecular formula is C12H14FNO2. The zero-order valence-electron chi connectivity index (χ0n) is 9.11. The van der Waals surface area contributed by atoms with Crippen LogP contribution in [0.25, 0.3) is 0 Å². The molecule has 0 atom stereocenters. The first-order valence-electron chi connectivity index (χ1n) is 5.32. The molecule has 0 heterocycles. The van der Waals surface area contributed by atoms with Crippen LogP contribution in [-0.2, 0) is 0 Å². The Balaban J connectivity index is 2.30. The smallest absolute Gasteiger partial charge is 0.340 e. The number of carbonyl (C=O) groups is 1. The number of benzene rings is 1. The van der Waals surface area contributed by atoms with Crippen LogP contribution in [-0.4, -0.2) is 24.7 Å². The number of carboxylic acid groups (broad SMARTS) is 1. The third-order valence-corrected chi connectivity index (χ3v) is 2.85. The fourth-order valence-corrected chi connectivity index (χ4v) is 1.83. The predicted octanol–water partition coefficient (Wildman–Crippen LogP) is 2.37. The summed E-state index contributed by atoms with van der Waals surface area (Å²) < 4.78 is 13.4. The van der Waals surface area contributed by atoms with Crippen LogP contribution >= 0.6 is 0 Å². The van der Waals surface area contributed by atoms with E-state index >= 15 is 0 Å². The SMILES string of the molecule is CN(CC1CC1)c1cccc(F)c1C(=O)O. The molecule has 16 heavy (non-hydrogen) atoms. The molecule has 0 amide bonds. The number of rotatable bonds is 4. The first-order valence-corrected chi connectivity index (χ1v) is 5.32. The number of hydrogen-bond acceptors (Lipinski definition) is 2. The van der Waals surface area contributed by atoms with Crippen molar-refractivity contribution in [3.8, 4) is 0 Å². The molecule has 4 heteroatoms. The van der Waals surface area contributed by atoms with Gasteiger partial charge in [0.25, 0.3) is 0 Å². The van der Waals surface area contributed by atoms with E-state index < -0.39 is 11.8 Å². The standard InChI is InChI=1S/C12H14FNO2/c1-14(7-8-5-6-8)10-4-2-3-9(13)11(10)12(15)16/h2-4,8H,5-7H2,1H3,(H,15,16). The van der Waals surface area contributed by atoms with Crippen LogP contribution in [0.1, 0.15) is 23.2 Å². The van der Waals surface area contributed by atoms with E-state index in [9.17, 15) is 9.18 Å². The maximum atomic E-state index is 13.4. The van der Waals surface area contributed by atoms with Gasteiger partial charge in [0.1, 0.15) is 11.4 Å². The average Bonchev–Trinajstić information content (AvgIpc) is 3.00. The van der Waals surface area contributed by atoms with E-state index in [1.54, 1.807) is 19.2 Å². The molecule has 1 aliphatic rings. The summed E-state index contributed by atoms with van der Waals surface area (Å²) in [6, 6.07) is 4.37. The van der Waals surface area contributed by atoms with Crippen molar-refractivity contribution >= 4 is 11.7 Å². The summed E-state index contributed by atoms with van der Waals surface area (Å²) in [4.78, 5) is 12.8. The number of aromatic carboxylic acids is 1. The normalized spacial score (nSPS) is 14.9. The molecule has 0 unspecified atom stereocenters. The Morgan fingerprint density at radius 3 is 2.81 bits per heavy atom. The van der Waals surface area contributed by atoms with Gasteiger partial charge in [0.15, 0.2) is 0 Å². The third kappa shape index (κ3) is 2.15. The summed E-state index contributed by atoms with van der Waals surface area (Å²) in [5.74, 6) is -1.25. The lowest BCUT2D eigenvalue weighted by molar-refractivity contribution is 0.0692. The van der Waals surface area contributed by atoms with Crippen LogP contribution in [0.2, 0.25) is 0 Å². The Bertz CT molecular complexity index is 415. The highest BCUT2D eigenvalue weighted by Crippen LogP contribution is 2.32. The molecule has 0 saturated heterocycles. The highest BCUT2D eigenvalue weighted by molar-refractivity contribution is 5.94. The number of halogens is 1. The van der Waals surface area contributed by atoms with Crippen LogP contribution < -0.4 is 4.90 Å². The Morgan fingerprint density at radius 1 is 1.56 bits per heavy atom. The van der Waals surface area contributed by atoms with Crippen molar-refractivity contribution in [2.75, 3.05) is 18.5 Å². The molecule has 0 aliphatic heterocycles. The van der Waals surface area contributed by atoms with E-state index in [1.165, 1.54) is 18.9 Å². The average molecular weight is 223 g/mol. The Hall–Kier alpha value is -1.58. The van der Waals surface area contributed by atoms with Crippen molar-refractivity contribution in [1.82, 2.24) is 0 Å². The molecular weight excluding hydrogens is 209 g/mol. The summed E-state index contributed by atoms with van der Waals surface area (Å²) >= 11 is 0. The van der Waals surface area contributed by atoms with E-state index in [1.807, 2.05) is 4.90 Å². The van der Waals surface area contributed by atoms with Crippen molar-refractivity contribution in [3.05, 3.63) is 29.6 Å². The fourth-order valence-electron chi connectivity index (χ4n) is 1.83. The number of nitrogens with zero attached hydrogens (tertiary/aromatic N) is 1. The summed E-state index contributed by atoms with van der Waals surface area (Å²) in [6.45, 7) is 0.795. The first-order chi connectivity index (χ1) is 7.59. The topological polar surface area (TPSA) is 40.5 Å². The van der Waals surface area contributed by atoms with Gasteiger partial charge in [-0.1, -0.05) is 6.07 Å². The zero-order chi connectivity index (χ0) is 11.7. The molecule has 86 valence electrons. The van der Waals surface area contributed by atoms with Gasteiger partial charge < -0.3 is 10.0 Å². The molecule has 0 aromatic heterocycles. The third-order valence-electron chi connectivity index (χ3n) is 2.85. The van der Waals surface area contributed by atoms with E-state index in [0.29, 0.717) is 11.6 Å². The van der Waals surface area contributed by atoms with Gasteiger partial charge in [-0.3, -0.25) is 0 Å². The molecule has 1 N–H and O–H groups in total. The number of hydrogen-bond donors (Lipinski definition) is 1. The number of anilines is 1. The minimum Gasteiger partial charge on any atom is -0.478 e.